The summed E-state index contributed by atoms with van der Waals surface area (Å²) in [7, 11) is -1.52. The molecule has 6 nitrogen and oxygen atoms in total. The standard InChI is InChI=1S/C36H21Cl2NOS.C18H9BrCl2S.C18H13NO.C12H6BrIS.C6H5BCl2O2.C5H12.4CH4/c37-24-16-23(17-25(38)19-24)22-10-15-35-32(18-22)30-13-11-28(21-36(30)41-35)39(26-6-2-1-3-7-26)27-12-14-34-31(20-27)29-8-4-5-9-33(29)40-34;19-12-2-3-15-16-7-10(1-4-17(16)22-18(15)8-12)11-5-13(20)9-14(21)6-11;1-2-6-13(7-3-1)19-14-10-11-18-16(12-14)15-8-4-5-9-17(15)20-18;13-7-1-3-9-10-6-8(14)2-4-11(10)15-12(9)5-7;8-5-1-4(7(10)11)2-6(9)3-5;1-3-5-4-2;;;;/h1-21H;1-9H;1-12,19H;1-6H;1-3,10-11H;3-5H2,1-2H3;4*1H4. The number of fused-ring (bicyclic) bond motifs is 15. The number of nitrogens with zero attached hydrogens (tertiary/aromatic N) is 1. The Kier molecular flexibility index (Phi) is 31.6. The Labute approximate surface area is 761 Å². The van der Waals surface area contributed by atoms with Gasteiger partial charge in [0.2, 0.25) is 0 Å². The summed E-state index contributed by atoms with van der Waals surface area (Å²) < 4.78 is 23.2. The molecule has 5 heterocycles. The predicted octanol–water partition coefficient (Wildman–Crippen LogP) is 36.4. The lowest BCUT2D eigenvalue weighted by atomic mass is 9.80. The van der Waals surface area contributed by atoms with Gasteiger partial charge < -0.3 is 29.1 Å². The summed E-state index contributed by atoms with van der Waals surface area (Å²) in [6.07, 6.45) is 4.08. The van der Waals surface area contributed by atoms with Gasteiger partial charge in [0, 0.05) is 153 Å². The normalized spacial score (nSPS) is 10.8. The van der Waals surface area contributed by atoms with Crippen molar-refractivity contribution in [3.8, 4) is 22.3 Å². The lowest BCUT2D eigenvalue weighted by Gasteiger charge is -2.25. The number of para-hydroxylation sites is 4. The minimum absolute atomic E-state index is 0. The van der Waals surface area contributed by atoms with E-state index >= 15 is 0 Å². The maximum atomic E-state index is 8.71. The Hall–Kier alpha value is -8.43. The quantitative estimate of drug-likeness (QED) is 0.0935. The average molecular weight is 1970 g/mol. The van der Waals surface area contributed by atoms with Crippen LogP contribution in [0.3, 0.4) is 0 Å². The van der Waals surface area contributed by atoms with Crippen molar-refractivity contribution in [3.63, 3.8) is 0 Å². The van der Waals surface area contributed by atoms with Crippen molar-refractivity contribution in [2.24, 2.45) is 0 Å². The van der Waals surface area contributed by atoms with E-state index in [9.17, 15) is 0 Å². The minimum atomic E-state index is -1.52. The highest BCUT2D eigenvalue weighted by atomic mass is 127. The summed E-state index contributed by atoms with van der Waals surface area (Å²) in [6, 6.07) is 105. The summed E-state index contributed by atoms with van der Waals surface area (Å²) in [5.41, 5.74) is 13.6. The molecule has 0 radical (unpaired) electrons. The summed E-state index contributed by atoms with van der Waals surface area (Å²) in [4.78, 5) is 2.31. The van der Waals surface area contributed by atoms with E-state index in [4.69, 9.17) is 88.5 Å². The van der Waals surface area contributed by atoms with Crippen LogP contribution in [-0.2, 0) is 0 Å². The van der Waals surface area contributed by atoms with Crippen LogP contribution in [0.25, 0.3) is 127 Å². The van der Waals surface area contributed by atoms with Crippen LogP contribution < -0.4 is 15.7 Å². The highest BCUT2D eigenvalue weighted by molar-refractivity contribution is 14.1. The smallest absolute Gasteiger partial charge is 0.456 e. The Balaban J connectivity index is 0.000000152. The molecular weight excluding hydrogens is 1890 g/mol. The number of hydrogen-bond donors (Lipinski definition) is 3. The lowest BCUT2D eigenvalue weighted by Crippen LogP contribution is -2.29. The molecule has 0 spiro atoms. The third kappa shape index (κ3) is 21.3. The van der Waals surface area contributed by atoms with Crippen molar-refractivity contribution in [2.75, 3.05) is 10.2 Å². The molecule has 0 amide bonds. The Morgan fingerprint density at radius 2 is 0.729 bits per heavy atom. The maximum Gasteiger partial charge on any atom is 0.488 e. The first-order valence-electron chi connectivity index (χ1n) is 36.5. The first kappa shape index (κ1) is 90.3. The number of anilines is 5. The van der Waals surface area contributed by atoms with Gasteiger partial charge in [-0.2, -0.15) is 0 Å². The molecule has 0 atom stereocenters. The molecule has 596 valence electrons. The number of halogens is 9. The molecule has 0 aliphatic rings. The monoisotopic (exact) mass is 1960 g/mol. The number of thiophene rings is 3. The second-order valence-electron chi connectivity index (χ2n) is 26.8. The summed E-state index contributed by atoms with van der Waals surface area (Å²) in [5.74, 6) is 0. The molecule has 5 aromatic heterocycles. The average Bonchev–Trinajstić information content (AvgIpc) is 1.56. The molecule has 0 fully saturated rings. The van der Waals surface area contributed by atoms with Crippen LogP contribution in [0, 0.1) is 3.57 Å². The van der Waals surface area contributed by atoms with E-state index in [1.165, 1.54) is 102 Å². The summed E-state index contributed by atoms with van der Waals surface area (Å²) in [6.45, 7) is 4.42. The van der Waals surface area contributed by atoms with Gasteiger partial charge >= 0.3 is 7.12 Å². The summed E-state index contributed by atoms with van der Waals surface area (Å²) >= 11 is 50.9. The number of hydrogen-bond acceptors (Lipinski definition) is 9. The Morgan fingerprint density at radius 3 is 1.21 bits per heavy atom. The van der Waals surface area contributed by atoms with Gasteiger partial charge in [0.25, 0.3) is 0 Å². The van der Waals surface area contributed by atoms with Gasteiger partial charge in [-0.25, -0.2) is 0 Å². The van der Waals surface area contributed by atoms with E-state index in [1.807, 2.05) is 102 Å². The van der Waals surface area contributed by atoms with Gasteiger partial charge in [-0.15, -0.1) is 34.0 Å². The van der Waals surface area contributed by atoms with Gasteiger partial charge in [0.1, 0.15) is 22.3 Å². The van der Waals surface area contributed by atoms with E-state index in [0.717, 1.165) is 104 Å². The van der Waals surface area contributed by atoms with E-state index in [-0.39, 0.29) is 29.7 Å². The molecule has 0 aliphatic carbocycles. The lowest BCUT2D eigenvalue weighted by molar-refractivity contribution is 0.426. The zero-order chi connectivity index (χ0) is 79.1. The largest absolute Gasteiger partial charge is 0.488 e. The highest BCUT2D eigenvalue weighted by Gasteiger charge is 2.19. The van der Waals surface area contributed by atoms with Crippen LogP contribution in [0.1, 0.15) is 62.8 Å². The maximum absolute atomic E-state index is 8.71. The molecule has 0 saturated carbocycles. The van der Waals surface area contributed by atoms with E-state index in [1.54, 1.807) is 34.8 Å². The molecule has 15 aromatic carbocycles. The molecule has 19 heteroatoms. The van der Waals surface area contributed by atoms with Gasteiger partial charge in [0.05, 0.1) is 0 Å². The van der Waals surface area contributed by atoms with Crippen LogP contribution in [0.5, 0.6) is 0 Å². The van der Waals surface area contributed by atoms with Gasteiger partial charge in [-0.3, -0.25) is 0 Å². The van der Waals surface area contributed by atoms with Crippen molar-refractivity contribution in [3.05, 3.63) is 352 Å². The van der Waals surface area contributed by atoms with E-state index in [0.29, 0.717) is 35.6 Å². The van der Waals surface area contributed by atoms with Crippen LogP contribution in [0.15, 0.2) is 327 Å². The molecule has 3 N–H and O–H groups in total. The topological polar surface area (TPSA) is 82.0 Å². The van der Waals surface area contributed by atoms with Crippen molar-refractivity contribution < 1.29 is 18.9 Å². The van der Waals surface area contributed by atoms with Crippen molar-refractivity contribution >= 4 is 303 Å². The van der Waals surface area contributed by atoms with Crippen molar-refractivity contribution in [1.29, 1.82) is 0 Å². The SMILES string of the molecule is Brc1ccc2c(c1)sc1ccc(I)cc12.C.C.C.C.CCCCC.Clc1cc(Cl)cc(-c2ccc3sc4cc(Br)ccc4c3c2)c1.Clc1cc(Cl)cc(-c2ccc3sc4cc(N(c5ccccc5)c5ccc6oc7ccccc7c6c5)ccc4c3c2)c1.OB(O)c1cc(Cl)cc(Cl)c1.c1ccc(Nc2ccc3oc4ccccc4c3c2)cc1. The van der Waals surface area contributed by atoms with E-state index < -0.39 is 7.12 Å². The summed E-state index contributed by atoms with van der Waals surface area (Å²) in [5, 5.41) is 36.4. The fraction of sp³-hybridized carbons (Fsp3) is 0.0909. The fourth-order valence-electron chi connectivity index (χ4n) is 13.6. The Bertz CT molecular complexity index is 6820. The molecule has 20 rings (SSSR count). The Morgan fingerprint density at radius 1 is 0.331 bits per heavy atom. The molecule has 0 bridgehead atoms. The number of benzene rings is 15. The molecule has 0 unspecified atom stereocenters. The van der Waals surface area contributed by atoms with Crippen molar-refractivity contribution in [2.45, 2.75) is 62.8 Å². The number of unbranched alkanes of at least 4 members (excludes halogenated alkanes) is 2. The van der Waals surface area contributed by atoms with E-state index in [2.05, 4.69) is 267 Å². The molecule has 118 heavy (non-hydrogen) atoms. The van der Waals surface area contributed by atoms with Gasteiger partial charge in [0.15, 0.2) is 0 Å². The molecule has 20 aromatic rings. The minimum Gasteiger partial charge on any atom is -0.456 e. The van der Waals surface area contributed by atoms with Crippen LogP contribution in [-0.4, -0.2) is 17.2 Å². The van der Waals surface area contributed by atoms with Crippen LogP contribution in [0.2, 0.25) is 30.1 Å². The molecular formula is C99H82BBr2Cl6IN2O4S3. The number of furan rings is 2. The zero-order valence-corrected chi connectivity index (χ0v) is 73.2. The highest BCUT2D eigenvalue weighted by Crippen LogP contribution is 2.45. The fourth-order valence-corrected chi connectivity index (χ4v) is 20.1. The first-order chi connectivity index (χ1) is 55.3. The predicted molar refractivity (Wildman–Crippen MR) is 541 cm³/mol. The molecule has 0 aliphatic heterocycles. The third-order valence-corrected chi connectivity index (χ3v) is 25.3. The first-order valence-corrected chi connectivity index (χ1v) is 43.8. The zero-order valence-electron chi connectivity index (χ0n) is 60.9. The number of nitrogens with one attached hydrogen (secondary N) is 1. The van der Waals surface area contributed by atoms with Gasteiger partial charge in [-0.1, -0.05) is 267 Å². The van der Waals surface area contributed by atoms with Crippen LogP contribution >= 0.6 is 158 Å². The number of rotatable bonds is 10. The van der Waals surface area contributed by atoms with Crippen molar-refractivity contribution in [1.82, 2.24) is 0 Å². The second-order valence-corrected chi connectivity index (χ2v) is 35.8. The second kappa shape index (κ2) is 41.2. The third-order valence-electron chi connectivity index (χ3n) is 18.9. The van der Waals surface area contributed by atoms with Crippen LogP contribution in [0.4, 0.5) is 28.4 Å². The van der Waals surface area contributed by atoms with Gasteiger partial charge in [-0.05, 0) is 257 Å². The molecule has 0 saturated heterocycles.